The van der Waals surface area contributed by atoms with E-state index in [-0.39, 0.29) is 0 Å². The predicted octanol–water partition coefficient (Wildman–Crippen LogP) is 4.18. The fourth-order valence-electron chi connectivity index (χ4n) is 2.96. The van der Waals surface area contributed by atoms with Crippen LogP contribution < -0.4 is 10.1 Å². The molecule has 0 amide bonds. The van der Waals surface area contributed by atoms with E-state index in [0.717, 1.165) is 48.5 Å². The van der Waals surface area contributed by atoms with Crippen molar-refractivity contribution >= 4 is 16.6 Å². The van der Waals surface area contributed by atoms with E-state index in [1.165, 1.54) is 5.56 Å². The van der Waals surface area contributed by atoms with Gasteiger partial charge in [0.2, 0.25) is 0 Å². The van der Waals surface area contributed by atoms with Crippen LogP contribution in [-0.2, 0) is 6.54 Å². The summed E-state index contributed by atoms with van der Waals surface area (Å²) in [7, 11) is 1.69. The van der Waals surface area contributed by atoms with Gasteiger partial charge in [-0.1, -0.05) is 43.3 Å². The first-order valence-corrected chi connectivity index (χ1v) is 8.73. The van der Waals surface area contributed by atoms with Gasteiger partial charge in [-0.15, -0.1) is 0 Å². The van der Waals surface area contributed by atoms with E-state index in [2.05, 4.69) is 58.5 Å². The number of hydrogen-bond donors (Lipinski definition) is 1. The van der Waals surface area contributed by atoms with Crippen molar-refractivity contribution in [2.24, 2.45) is 0 Å². The first kappa shape index (κ1) is 17.2. The van der Waals surface area contributed by atoms with Crippen molar-refractivity contribution in [1.29, 1.82) is 0 Å². The van der Waals surface area contributed by atoms with Crippen LogP contribution in [0.4, 0.5) is 5.69 Å². The molecule has 3 rings (SSSR count). The Morgan fingerprint density at radius 1 is 1.08 bits per heavy atom. The van der Waals surface area contributed by atoms with E-state index in [1.807, 2.05) is 24.4 Å². The molecule has 25 heavy (non-hydrogen) atoms. The third kappa shape index (κ3) is 4.48. The number of aromatic nitrogens is 1. The second kappa shape index (κ2) is 8.49. The maximum absolute atomic E-state index is 5.41. The van der Waals surface area contributed by atoms with Gasteiger partial charge < -0.3 is 10.1 Å². The molecule has 2 aromatic carbocycles. The molecular weight excluding hydrogens is 310 g/mol. The molecule has 1 heterocycles. The first-order valence-electron chi connectivity index (χ1n) is 8.73. The number of pyridine rings is 1. The SMILES string of the molecule is CCN(CCNc1cc(OC)cc2cccnc12)Cc1ccccc1. The zero-order valence-corrected chi connectivity index (χ0v) is 14.9. The molecule has 0 aliphatic heterocycles. The lowest BCUT2D eigenvalue weighted by Gasteiger charge is -2.21. The maximum atomic E-state index is 5.41. The van der Waals surface area contributed by atoms with Crippen LogP contribution in [0.15, 0.2) is 60.8 Å². The molecule has 0 saturated heterocycles. The van der Waals surface area contributed by atoms with E-state index >= 15 is 0 Å². The summed E-state index contributed by atoms with van der Waals surface area (Å²) in [5.41, 5.74) is 3.35. The number of rotatable bonds is 8. The van der Waals surface area contributed by atoms with Crippen LogP contribution >= 0.6 is 0 Å². The van der Waals surface area contributed by atoms with Crippen LogP contribution in [0.2, 0.25) is 0 Å². The van der Waals surface area contributed by atoms with Crippen molar-refractivity contribution in [3.05, 3.63) is 66.4 Å². The highest BCUT2D eigenvalue weighted by molar-refractivity contribution is 5.91. The van der Waals surface area contributed by atoms with Gasteiger partial charge in [-0.3, -0.25) is 9.88 Å². The minimum absolute atomic E-state index is 0.847. The molecule has 0 aliphatic rings. The molecule has 3 aromatic rings. The fraction of sp³-hybridized carbons (Fsp3) is 0.286. The second-order valence-corrected chi connectivity index (χ2v) is 6.03. The Balaban J connectivity index is 1.65. The maximum Gasteiger partial charge on any atom is 0.121 e. The molecule has 4 nitrogen and oxygen atoms in total. The standard InChI is InChI=1S/C21H25N3O/c1-3-24(16-17-8-5-4-6-9-17)13-12-22-20-15-19(25-2)14-18-10-7-11-23-21(18)20/h4-11,14-15,22H,3,12-13,16H2,1-2H3. The minimum Gasteiger partial charge on any atom is -0.497 e. The van der Waals surface area contributed by atoms with Crippen LogP contribution in [0.5, 0.6) is 5.75 Å². The summed E-state index contributed by atoms with van der Waals surface area (Å²) in [4.78, 5) is 6.94. The number of hydrogen-bond acceptors (Lipinski definition) is 4. The van der Waals surface area contributed by atoms with Gasteiger partial charge >= 0.3 is 0 Å². The van der Waals surface area contributed by atoms with Crippen molar-refractivity contribution in [3.8, 4) is 5.75 Å². The van der Waals surface area contributed by atoms with E-state index in [9.17, 15) is 0 Å². The van der Waals surface area contributed by atoms with E-state index in [4.69, 9.17) is 4.74 Å². The van der Waals surface area contributed by atoms with Gasteiger partial charge in [-0.25, -0.2) is 0 Å². The molecule has 1 N–H and O–H groups in total. The number of methoxy groups -OCH3 is 1. The van der Waals surface area contributed by atoms with Crippen molar-refractivity contribution < 1.29 is 4.74 Å². The Bertz CT molecular complexity index is 805. The quantitative estimate of drug-likeness (QED) is 0.670. The van der Waals surface area contributed by atoms with Gasteiger partial charge in [0.05, 0.1) is 18.3 Å². The Morgan fingerprint density at radius 2 is 1.92 bits per heavy atom. The average Bonchev–Trinajstić information content (AvgIpc) is 2.67. The number of likely N-dealkylation sites (N-methyl/N-ethyl adjacent to an activating group) is 1. The van der Waals surface area contributed by atoms with E-state index in [1.54, 1.807) is 7.11 Å². The monoisotopic (exact) mass is 335 g/mol. The van der Waals surface area contributed by atoms with Crippen LogP contribution in [0.25, 0.3) is 10.9 Å². The Kier molecular flexibility index (Phi) is 5.86. The lowest BCUT2D eigenvalue weighted by atomic mass is 10.1. The average molecular weight is 335 g/mol. The molecule has 0 saturated carbocycles. The second-order valence-electron chi connectivity index (χ2n) is 6.03. The summed E-state index contributed by atoms with van der Waals surface area (Å²) in [6.45, 7) is 6.02. The third-order valence-electron chi connectivity index (χ3n) is 4.35. The Morgan fingerprint density at radius 3 is 2.68 bits per heavy atom. The lowest BCUT2D eigenvalue weighted by Crippen LogP contribution is -2.28. The summed E-state index contributed by atoms with van der Waals surface area (Å²) in [6.07, 6.45) is 1.83. The van der Waals surface area contributed by atoms with Gasteiger partial charge in [0, 0.05) is 37.3 Å². The largest absolute Gasteiger partial charge is 0.497 e. The van der Waals surface area contributed by atoms with Crippen molar-refractivity contribution in [2.45, 2.75) is 13.5 Å². The Labute approximate surface area is 149 Å². The molecule has 0 fully saturated rings. The summed E-state index contributed by atoms with van der Waals surface area (Å²) < 4.78 is 5.41. The van der Waals surface area contributed by atoms with Crippen molar-refractivity contribution in [2.75, 3.05) is 32.1 Å². The third-order valence-corrected chi connectivity index (χ3v) is 4.35. The highest BCUT2D eigenvalue weighted by Gasteiger charge is 2.07. The van der Waals surface area contributed by atoms with Crippen molar-refractivity contribution in [3.63, 3.8) is 0 Å². The number of nitrogens with one attached hydrogen (secondary N) is 1. The topological polar surface area (TPSA) is 37.4 Å². The van der Waals surface area contributed by atoms with Crippen LogP contribution in [0.1, 0.15) is 12.5 Å². The minimum atomic E-state index is 0.847. The van der Waals surface area contributed by atoms with Gasteiger partial charge in [0.25, 0.3) is 0 Å². The molecule has 0 spiro atoms. The highest BCUT2D eigenvalue weighted by atomic mass is 16.5. The molecule has 0 radical (unpaired) electrons. The summed E-state index contributed by atoms with van der Waals surface area (Å²) in [5, 5.41) is 4.61. The molecule has 4 heteroatoms. The number of benzene rings is 2. The molecular formula is C21H25N3O. The zero-order chi connectivity index (χ0) is 17.5. The summed E-state index contributed by atoms with van der Waals surface area (Å²) >= 11 is 0. The Hall–Kier alpha value is -2.59. The van der Waals surface area contributed by atoms with E-state index in [0.29, 0.717) is 0 Å². The summed E-state index contributed by atoms with van der Waals surface area (Å²) in [5.74, 6) is 0.847. The predicted molar refractivity (Wildman–Crippen MR) is 104 cm³/mol. The van der Waals surface area contributed by atoms with Crippen LogP contribution in [0, 0.1) is 0 Å². The lowest BCUT2D eigenvalue weighted by molar-refractivity contribution is 0.291. The van der Waals surface area contributed by atoms with Gasteiger partial charge in [0.15, 0.2) is 0 Å². The molecule has 1 aromatic heterocycles. The van der Waals surface area contributed by atoms with Crippen LogP contribution in [0.3, 0.4) is 0 Å². The van der Waals surface area contributed by atoms with E-state index < -0.39 is 0 Å². The number of nitrogens with zero attached hydrogens (tertiary/aromatic N) is 2. The van der Waals surface area contributed by atoms with Gasteiger partial charge in [-0.05, 0) is 24.2 Å². The normalized spacial score (nSPS) is 11.0. The number of ether oxygens (including phenoxy) is 1. The summed E-state index contributed by atoms with van der Waals surface area (Å²) in [6, 6.07) is 18.6. The first-order chi connectivity index (χ1) is 12.3. The zero-order valence-electron chi connectivity index (χ0n) is 14.9. The van der Waals surface area contributed by atoms with Gasteiger partial charge in [0.1, 0.15) is 5.75 Å². The highest BCUT2D eigenvalue weighted by Crippen LogP contribution is 2.27. The molecule has 0 aliphatic carbocycles. The molecule has 0 bridgehead atoms. The van der Waals surface area contributed by atoms with Gasteiger partial charge in [-0.2, -0.15) is 0 Å². The molecule has 0 unspecified atom stereocenters. The fourth-order valence-corrected chi connectivity index (χ4v) is 2.96. The van der Waals surface area contributed by atoms with Crippen molar-refractivity contribution in [1.82, 2.24) is 9.88 Å². The molecule has 130 valence electrons. The smallest absolute Gasteiger partial charge is 0.121 e. The molecule has 0 atom stereocenters. The number of anilines is 1. The number of fused-ring (bicyclic) bond motifs is 1. The van der Waals surface area contributed by atoms with Crippen LogP contribution in [-0.4, -0.2) is 36.6 Å².